The molecule has 0 aliphatic carbocycles. The maximum atomic E-state index is 12.9. The molecule has 0 aliphatic heterocycles. The highest BCUT2D eigenvalue weighted by atomic mass is 32.3. The third-order valence-electron chi connectivity index (χ3n) is 3.19. The molecule has 0 heterocycles. The quantitative estimate of drug-likeness (QED) is 0.211. The van der Waals surface area contributed by atoms with Crippen LogP contribution in [0.2, 0.25) is 0 Å². The average molecular weight is 463 g/mol. The van der Waals surface area contributed by atoms with Crippen molar-refractivity contribution in [3.63, 3.8) is 0 Å². The second kappa shape index (κ2) is 7.86. The standard InChI is InChI=1S/C11H15F6N3O6S2/c1-6(9(2,3)8(21)22)7(19-5-4-18)20(27(23,24)10(12,13)14)28(25,26)11(15,16)17/h1,4-5,18H2,2-3H3,(H,21,22). The molecule has 17 heteroatoms. The van der Waals surface area contributed by atoms with E-state index >= 15 is 0 Å². The molecule has 0 radical (unpaired) electrons. The first-order chi connectivity index (χ1) is 12.2. The molecule has 3 N–H and O–H groups in total. The van der Waals surface area contributed by atoms with E-state index in [1.165, 1.54) is 0 Å². The van der Waals surface area contributed by atoms with Crippen molar-refractivity contribution in [2.45, 2.75) is 24.9 Å². The molecular weight excluding hydrogens is 448 g/mol. The first kappa shape index (κ1) is 26.1. The number of rotatable bonds is 7. The molecule has 0 spiro atoms. The lowest BCUT2D eigenvalue weighted by molar-refractivity contribution is -0.315. The predicted molar refractivity (Wildman–Crippen MR) is 80.2 cm³/mol. The number of carbonyl (C=O) groups is 1. The van der Waals surface area contributed by atoms with Gasteiger partial charge in [-0.25, -0.2) is 0 Å². The lowest BCUT2D eigenvalue weighted by atomic mass is 9.84. The average Bonchev–Trinajstić information content (AvgIpc) is 2.47. The minimum Gasteiger partial charge on any atom is -0.549 e. The molecule has 0 saturated heterocycles. The lowest BCUT2D eigenvalue weighted by Gasteiger charge is -2.28. The summed E-state index contributed by atoms with van der Waals surface area (Å²) in [7, 11) is -14.5. The molecule has 0 fully saturated rings. The topological polar surface area (TPSA) is 149 Å². The van der Waals surface area contributed by atoms with Gasteiger partial charge in [-0.3, -0.25) is 5.32 Å². The minimum absolute atomic E-state index is 0.519. The number of alkyl halides is 6. The van der Waals surface area contributed by atoms with Crippen LogP contribution in [0.4, 0.5) is 26.3 Å². The Bertz CT molecular complexity index is 841. The Balaban J connectivity index is 7.55. The van der Waals surface area contributed by atoms with E-state index in [0.717, 1.165) is 0 Å². The molecule has 0 aromatic heterocycles. The molecule has 0 saturated carbocycles. The summed E-state index contributed by atoms with van der Waals surface area (Å²) in [4.78, 5) is 11.2. The molecular formula is C11H15F6N3O6S2. The van der Waals surface area contributed by atoms with Gasteiger partial charge in [-0.1, -0.05) is 20.4 Å². The molecule has 0 atom stereocenters. The summed E-state index contributed by atoms with van der Waals surface area (Å²) in [5.41, 5.74) is -11.7. The normalized spacial score (nSPS) is 13.8. The van der Waals surface area contributed by atoms with Crippen LogP contribution in [-0.4, -0.2) is 56.1 Å². The van der Waals surface area contributed by atoms with E-state index in [4.69, 9.17) is 5.73 Å². The number of hydrogen-bond donors (Lipinski definition) is 2. The fourth-order valence-electron chi connectivity index (χ4n) is 1.45. The van der Waals surface area contributed by atoms with Crippen LogP contribution in [0, 0.1) is 5.41 Å². The summed E-state index contributed by atoms with van der Waals surface area (Å²) < 4.78 is 122. The van der Waals surface area contributed by atoms with Crippen molar-refractivity contribution in [2.75, 3.05) is 13.1 Å². The number of sulfonamides is 2. The van der Waals surface area contributed by atoms with Crippen molar-refractivity contribution in [3.05, 3.63) is 12.2 Å². The molecule has 0 rings (SSSR count). The van der Waals surface area contributed by atoms with Gasteiger partial charge in [0.15, 0.2) is 0 Å². The fourth-order valence-corrected chi connectivity index (χ4v) is 4.20. The Morgan fingerprint density at radius 1 is 1.04 bits per heavy atom. The van der Waals surface area contributed by atoms with E-state index in [2.05, 4.69) is 6.58 Å². The van der Waals surface area contributed by atoms with Crippen molar-refractivity contribution >= 4 is 31.9 Å². The molecule has 28 heavy (non-hydrogen) atoms. The van der Waals surface area contributed by atoms with E-state index in [-0.39, 0.29) is 0 Å². The van der Waals surface area contributed by atoms with E-state index in [1.807, 2.05) is 0 Å². The highest BCUT2D eigenvalue weighted by Gasteiger charge is 2.64. The Kier molecular flexibility index (Phi) is 7.33. The van der Waals surface area contributed by atoms with Gasteiger partial charge in [-0.2, -0.15) is 43.2 Å². The first-order valence-corrected chi connectivity index (χ1v) is 9.70. The summed E-state index contributed by atoms with van der Waals surface area (Å²) in [6.07, 6.45) is 0. The maximum Gasteiger partial charge on any atom is 0.538 e. The first-order valence-electron chi connectivity index (χ1n) is 6.82. The number of halogens is 6. The highest BCUT2D eigenvalue weighted by Crippen LogP contribution is 2.34. The molecule has 0 aliphatic rings. The Labute approximate surface area is 155 Å². The van der Waals surface area contributed by atoms with Gasteiger partial charge in [0.1, 0.15) is 0 Å². The van der Waals surface area contributed by atoms with Crippen LogP contribution >= 0.6 is 0 Å². The Morgan fingerprint density at radius 3 is 1.64 bits per heavy atom. The zero-order valence-corrected chi connectivity index (χ0v) is 15.8. The summed E-state index contributed by atoms with van der Waals surface area (Å²) in [5, 5.41) is 12.8. The minimum atomic E-state index is -7.23. The van der Waals surface area contributed by atoms with Crippen LogP contribution < -0.4 is 16.2 Å². The second-order valence-electron chi connectivity index (χ2n) is 5.55. The van der Waals surface area contributed by atoms with Crippen LogP contribution in [0.5, 0.6) is 0 Å². The summed E-state index contributed by atoms with van der Waals surface area (Å²) in [6.45, 7) is 3.06. The smallest absolute Gasteiger partial charge is 0.538 e. The SMILES string of the molecule is C=C(C(NCCN)=[N+](S(=O)(=O)C(F)(F)F)S(=O)(=O)C(F)(F)F)C(C)(C)C(=O)[O-]. The van der Waals surface area contributed by atoms with Crippen LogP contribution in [0.3, 0.4) is 0 Å². The van der Waals surface area contributed by atoms with Gasteiger partial charge < -0.3 is 15.6 Å². The number of hydrogen-bond acceptors (Lipinski definition) is 7. The molecule has 0 unspecified atom stereocenters. The highest BCUT2D eigenvalue weighted by molar-refractivity contribution is 7.98. The molecule has 0 amide bonds. The Morgan fingerprint density at radius 2 is 1.39 bits per heavy atom. The van der Waals surface area contributed by atoms with Crippen LogP contribution in [-0.2, 0) is 24.8 Å². The van der Waals surface area contributed by atoms with Gasteiger partial charge in [0.2, 0.25) is 0 Å². The zero-order chi connectivity index (χ0) is 22.9. The number of amidine groups is 1. The summed E-state index contributed by atoms with van der Waals surface area (Å²) in [6, 6.07) is 0. The lowest BCUT2D eigenvalue weighted by Crippen LogP contribution is -2.53. The second-order valence-corrected chi connectivity index (χ2v) is 9.34. The number of aliphatic carboxylic acids is 1. The molecule has 9 nitrogen and oxygen atoms in total. The monoisotopic (exact) mass is 463 g/mol. The van der Waals surface area contributed by atoms with Crippen molar-refractivity contribution < 1.29 is 56.5 Å². The van der Waals surface area contributed by atoms with Crippen LogP contribution in [0.1, 0.15) is 13.8 Å². The molecule has 0 bridgehead atoms. The predicted octanol–water partition coefficient (Wildman–Crippen LogP) is -1.02. The molecule has 0 aromatic rings. The molecule has 0 aromatic carbocycles. The summed E-state index contributed by atoms with van der Waals surface area (Å²) in [5.74, 6) is -3.99. The van der Waals surface area contributed by atoms with Crippen molar-refractivity contribution in [2.24, 2.45) is 11.1 Å². The number of nitrogens with two attached hydrogens (primary N) is 1. The van der Waals surface area contributed by atoms with E-state index in [0.29, 0.717) is 13.8 Å². The van der Waals surface area contributed by atoms with E-state index in [1.54, 1.807) is 5.32 Å². The fraction of sp³-hybridized carbons (Fsp3) is 0.636. The van der Waals surface area contributed by atoms with Crippen molar-refractivity contribution in [1.82, 2.24) is 5.32 Å². The zero-order valence-electron chi connectivity index (χ0n) is 14.2. The number of carboxylic acids is 1. The van der Waals surface area contributed by atoms with Gasteiger partial charge in [0.25, 0.3) is 0 Å². The maximum absolute atomic E-state index is 12.9. The van der Waals surface area contributed by atoms with Crippen molar-refractivity contribution in [3.8, 4) is 0 Å². The van der Waals surface area contributed by atoms with E-state index in [9.17, 15) is 53.1 Å². The van der Waals surface area contributed by atoms with E-state index < -0.39 is 70.3 Å². The number of nitrogens with one attached hydrogen (secondary N) is 1. The Hall–Kier alpha value is -1.88. The third kappa shape index (κ3) is 4.75. The third-order valence-corrected chi connectivity index (χ3v) is 6.78. The van der Waals surface area contributed by atoms with Crippen LogP contribution in [0.15, 0.2) is 12.2 Å². The number of carbonyl (C=O) groups excluding carboxylic acids is 1. The van der Waals surface area contributed by atoms with Gasteiger partial charge >= 0.3 is 36.9 Å². The summed E-state index contributed by atoms with van der Waals surface area (Å²) >= 11 is 0. The van der Waals surface area contributed by atoms with Crippen molar-refractivity contribution in [1.29, 1.82) is 0 Å². The molecule has 164 valence electrons. The van der Waals surface area contributed by atoms with Gasteiger partial charge in [0.05, 0.1) is 12.5 Å². The number of nitrogens with zero attached hydrogens (tertiary/aromatic N) is 1. The number of carboxylic acid groups (broad SMARTS) is 1. The largest absolute Gasteiger partial charge is 0.549 e. The van der Waals surface area contributed by atoms with Gasteiger partial charge in [0, 0.05) is 17.5 Å². The van der Waals surface area contributed by atoms with Crippen LogP contribution in [0.25, 0.3) is 0 Å². The van der Waals surface area contributed by atoms with Gasteiger partial charge in [-0.15, -0.1) is 0 Å². The van der Waals surface area contributed by atoms with Gasteiger partial charge in [-0.05, 0) is 3.39 Å².